The minimum absolute atomic E-state index is 0.142. The van der Waals surface area contributed by atoms with E-state index in [1.165, 1.54) is 22.7 Å². The summed E-state index contributed by atoms with van der Waals surface area (Å²) in [5, 5.41) is 23.0. The standard InChI is InChI=1S/C23H18N4O2/c28-17-5-1-3-14(11-17)13-24-27-23(29)21-12-20(25-26-21)18-10-9-16-8-7-15-4-2-6-19(18)22(15)16/h1-6,9-13,28H,7-8H2,(H,25,26)(H,27,29). The Morgan fingerprint density at radius 3 is 2.76 bits per heavy atom. The number of carbonyl (C=O) groups is 1. The molecule has 5 rings (SSSR count). The van der Waals surface area contributed by atoms with Crippen LogP contribution in [0.4, 0.5) is 0 Å². The van der Waals surface area contributed by atoms with Gasteiger partial charge in [0.15, 0.2) is 0 Å². The van der Waals surface area contributed by atoms with E-state index in [0.29, 0.717) is 11.3 Å². The van der Waals surface area contributed by atoms with E-state index in [-0.39, 0.29) is 11.7 Å². The second-order valence-corrected chi connectivity index (χ2v) is 7.07. The molecule has 1 aromatic heterocycles. The van der Waals surface area contributed by atoms with Crippen LogP contribution in [0.1, 0.15) is 27.2 Å². The van der Waals surface area contributed by atoms with Gasteiger partial charge in [0.2, 0.25) is 0 Å². The summed E-state index contributed by atoms with van der Waals surface area (Å²) in [6.07, 6.45) is 3.61. The minimum atomic E-state index is -0.383. The maximum atomic E-state index is 12.4. The second kappa shape index (κ2) is 6.91. The molecule has 0 fully saturated rings. The van der Waals surface area contributed by atoms with Crippen molar-refractivity contribution in [3.8, 4) is 17.0 Å². The molecule has 29 heavy (non-hydrogen) atoms. The van der Waals surface area contributed by atoms with Gasteiger partial charge in [-0.15, -0.1) is 0 Å². The lowest BCUT2D eigenvalue weighted by atomic mass is 9.98. The van der Waals surface area contributed by atoms with E-state index < -0.39 is 0 Å². The third kappa shape index (κ3) is 3.14. The highest BCUT2D eigenvalue weighted by atomic mass is 16.3. The summed E-state index contributed by atoms with van der Waals surface area (Å²) in [6, 6.07) is 18.9. The molecule has 0 aliphatic heterocycles. The van der Waals surface area contributed by atoms with Crippen LogP contribution in [-0.2, 0) is 12.8 Å². The first-order chi connectivity index (χ1) is 14.2. The number of rotatable bonds is 4. The number of hydrogen-bond donors (Lipinski definition) is 3. The van der Waals surface area contributed by atoms with Gasteiger partial charge in [-0.25, -0.2) is 5.43 Å². The first kappa shape index (κ1) is 17.2. The molecule has 3 N–H and O–H groups in total. The predicted octanol–water partition coefficient (Wildman–Crippen LogP) is 3.80. The molecular formula is C23H18N4O2. The molecule has 3 aromatic carbocycles. The van der Waals surface area contributed by atoms with Crippen LogP contribution in [0.25, 0.3) is 22.0 Å². The van der Waals surface area contributed by atoms with Crippen LogP contribution in [0.3, 0.4) is 0 Å². The van der Waals surface area contributed by atoms with E-state index >= 15 is 0 Å². The van der Waals surface area contributed by atoms with Crippen molar-refractivity contribution in [3.63, 3.8) is 0 Å². The monoisotopic (exact) mass is 382 g/mol. The summed E-state index contributed by atoms with van der Waals surface area (Å²) in [5.74, 6) is -0.241. The number of nitrogens with zero attached hydrogens (tertiary/aromatic N) is 2. The lowest BCUT2D eigenvalue weighted by Gasteiger charge is -2.06. The Morgan fingerprint density at radius 2 is 1.90 bits per heavy atom. The van der Waals surface area contributed by atoms with Gasteiger partial charge in [0, 0.05) is 5.56 Å². The highest BCUT2D eigenvalue weighted by Crippen LogP contribution is 2.36. The van der Waals surface area contributed by atoms with Gasteiger partial charge >= 0.3 is 0 Å². The van der Waals surface area contributed by atoms with Crippen LogP contribution in [0.5, 0.6) is 5.75 Å². The van der Waals surface area contributed by atoms with Gasteiger partial charge in [0.1, 0.15) is 11.4 Å². The molecule has 6 nitrogen and oxygen atoms in total. The molecule has 1 amide bonds. The van der Waals surface area contributed by atoms with E-state index in [2.05, 4.69) is 51.1 Å². The molecule has 6 heteroatoms. The number of phenols is 1. The van der Waals surface area contributed by atoms with Crippen LogP contribution in [0.15, 0.2) is 65.8 Å². The smallest absolute Gasteiger partial charge is 0.289 e. The molecule has 1 aliphatic rings. The fraction of sp³-hybridized carbons (Fsp3) is 0.0870. The van der Waals surface area contributed by atoms with Gasteiger partial charge in [-0.1, -0.05) is 42.5 Å². The number of nitrogens with one attached hydrogen (secondary N) is 2. The van der Waals surface area contributed by atoms with Crippen LogP contribution in [0.2, 0.25) is 0 Å². The number of carbonyl (C=O) groups excluding carboxylic acids is 1. The third-order valence-electron chi connectivity index (χ3n) is 5.23. The molecule has 0 spiro atoms. The number of aromatic nitrogens is 2. The number of hydrazone groups is 1. The second-order valence-electron chi connectivity index (χ2n) is 7.07. The maximum absolute atomic E-state index is 12.4. The summed E-state index contributed by atoms with van der Waals surface area (Å²) < 4.78 is 0. The van der Waals surface area contributed by atoms with Crippen LogP contribution in [0, 0.1) is 0 Å². The normalized spacial score (nSPS) is 12.7. The zero-order valence-electron chi connectivity index (χ0n) is 15.5. The number of amides is 1. The highest BCUT2D eigenvalue weighted by Gasteiger charge is 2.18. The predicted molar refractivity (Wildman–Crippen MR) is 112 cm³/mol. The average Bonchev–Trinajstić information content (AvgIpc) is 3.37. The molecule has 0 saturated carbocycles. The van der Waals surface area contributed by atoms with E-state index in [1.54, 1.807) is 30.3 Å². The zero-order valence-corrected chi connectivity index (χ0v) is 15.5. The van der Waals surface area contributed by atoms with Crippen molar-refractivity contribution < 1.29 is 9.90 Å². The van der Waals surface area contributed by atoms with Crippen molar-refractivity contribution in [2.75, 3.05) is 0 Å². The Hall–Kier alpha value is -3.93. The fourth-order valence-corrected chi connectivity index (χ4v) is 3.88. The van der Waals surface area contributed by atoms with Crippen molar-refractivity contribution in [3.05, 3.63) is 83.0 Å². The lowest BCUT2D eigenvalue weighted by molar-refractivity contribution is 0.0950. The fourth-order valence-electron chi connectivity index (χ4n) is 3.88. The first-order valence-corrected chi connectivity index (χ1v) is 9.41. The number of aryl methyl sites for hydroxylation is 2. The van der Waals surface area contributed by atoms with Gasteiger partial charge in [0.25, 0.3) is 5.91 Å². The topological polar surface area (TPSA) is 90.4 Å². The lowest BCUT2D eigenvalue weighted by Crippen LogP contribution is -2.17. The van der Waals surface area contributed by atoms with E-state index in [4.69, 9.17) is 0 Å². The SMILES string of the molecule is O=C(NN=Cc1cccc(O)c1)c1cc(-c2ccc3c4c(cccc24)CC3)n[nH]1. The molecule has 0 saturated heterocycles. The number of aromatic hydroxyl groups is 1. The van der Waals surface area contributed by atoms with Crippen molar-refractivity contribution in [2.24, 2.45) is 5.10 Å². The molecule has 142 valence electrons. The Labute approximate surface area is 166 Å². The van der Waals surface area contributed by atoms with Crippen LogP contribution >= 0.6 is 0 Å². The highest BCUT2D eigenvalue weighted by molar-refractivity contribution is 6.02. The molecule has 1 aliphatic carbocycles. The van der Waals surface area contributed by atoms with E-state index in [1.807, 2.05) is 0 Å². The van der Waals surface area contributed by atoms with Crippen molar-refractivity contribution in [2.45, 2.75) is 12.8 Å². The van der Waals surface area contributed by atoms with Crippen molar-refractivity contribution in [1.82, 2.24) is 15.6 Å². The molecule has 1 heterocycles. The van der Waals surface area contributed by atoms with Crippen LogP contribution < -0.4 is 5.43 Å². The van der Waals surface area contributed by atoms with Gasteiger partial charge in [-0.05, 0) is 58.5 Å². The Bertz CT molecular complexity index is 1260. The van der Waals surface area contributed by atoms with E-state index in [9.17, 15) is 9.90 Å². The maximum Gasteiger partial charge on any atom is 0.289 e. The number of benzene rings is 3. The van der Waals surface area contributed by atoms with Gasteiger partial charge < -0.3 is 5.11 Å². The van der Waals surface area contributed by atoms with Gasteiger partial charge in [0.05, 0.1) is 11.9 Å². The summed E-state index contributed by atoms with van der Waals surface area (Å²) >= 11 is 0. The molecule has 0 atom stereocenters. The van der Waals surface area contributed by atoms with Gasteiger partial charge in [-0.2, -0.15) is 10.2 Å². The zero-order chi connectivity index (χ0) is 19.8. The third-order valence-corrected chi connectivity index (χ3v) is 5.23. The minimum Gasteiger partial charge on any atom is -0.508 e. The number of aromatic amines is 1. The van der Waals surface area contributed by atoms with Crippen molar-refractivity contribution >= 4 is 22.9 Å². The number of H-pyrrole nitrogens is 1. The van der Waals surface area contributed by atoms with Crippen LogP contribution in [-0.4, -0.2) is 27.4 Å². The quantitative estimate of drug-likeness (QED) is 0.370. The first-order valence-electron chi connectivity index (χ1n) is 9.41. The molecule has 0 unspecified atom stereocenters. The largest absolute Gasteiger partial charge is 0.508 e. The Morgan fingerprint density at radius 1 is 1.07 bits per heavy atom. The molecule has 0 radical (unpaired) electrons. The average molecular weight is 382 g/mol. The molecule has 4 aromatic rings. The Kier molecular flexibility index (Phi) is 4.09. The summed E-state index contributed by atoms with van der Waals surface area (Å²) in [7, 11) is 0. The Balaban J connectivity index is 1.39. The van der Waals surface area contributed by atoms with E-state index in [0.717, 1.165) is 29.5 Å². The summed E-state index contributed by atoms with van der Waals surface area (Å²) in [4.78, 5) is 12.4. The number of phenolic OH excluding ortho intramolecular Hbond substituents is 1. The molecule has 0 bridgehead atoms. The molecular weight excluding hydrogens is 364 g/mol. The summed E-state index contributed by atoms with van der Waals surface area (Å²) in [5.41, 5.74) is 7.96. The van der Waals surface area contributed by atoms with Gasteiger partial charge in [-0.3, -0.25) is 9.89 Å². The van der Waals surface area contributed by atoms with Crippen molar-refractivity contribution in [1.29, 1.82) is 0 Å². The summed E-state index contributed by atoms with van der Waals surface area (Å²) in [6.45, 7) is 0. The number of hydrogen-bond acceptors (Lipinski definition) is 4.